The molecule has 0 aliphatic heterocycles. The monoisotopic (exact) mass is 341 g/mol. The van der Waals surface area contributed by atoms with Crippen LogP contribution in [0.3, 0.4) is 0 Å². The number of hydrogen-bond donors (Lipinski definition) is 1. The highest BCUT2D eigenvalue weighted by Gasteiger charge is 2.20. The number of aryl methyl sites for hydroxylation is 3. The number of nitrogens with zero attached hydrogens (tertiary/aromatic N) is 2. The number of ether oxygens (including phenoxy) is 1. The predicted octanol–water partition coefficient (Wildman–Crippen LogP) is 4.27. The molecule has 3 rings (SSSR count). The molecule has 0 atom stereocenters. The van der Waals surface area contributed by atoms with E-state index in [4.69, 9.17) is 4.74 Å². The first kappa shape index (κ1) is 16.4. The number of aromatic nitrogens is 2. The fourth-order valence-electron chi connectivity index (χ4n) is 2.55. The molecule has 2 aromatic heterocycles. The SMILES string of the molecule is CCOc1ncnc2sc(C(=O)Nc3cc(C)ccc3C)c(C)c12. The van der Waals surface area contributed by atoms with Crippen molar-refractivity contribution in [1.29, 1.82) is 0 Å². The van der Waals surface area contributed by atoms with Gasteiger partial charge in [0.25, 0.3) is 5.91 Å². The molecule has 0 aliphatic rings. The molecule has 0 saturated heterocycles. The van der Waals surface area contributed by atoms with Crippen molar-refractivity contribution in [2.24, 2.45) is 0 Å². The van der Waals surface area contributed by atoms with Crippen LogP contribution in [-0.2, 0) is 0 Å². The Morgan fingerprint density at radius 2 is 2.04 bits per heavy atom. The Morgan fingerprint density at radius 3 is 2.79 bits per heavy atom. The maximum Gasteiger partial charge on any atom is 0.266 e. The molecule has 0 unspecified atom stereocenters. The smallest absolute Gasteiger partial charge is 0.266 e. The van der Waals surface area contributed by atoms with Crippen LogP contribution in [0.15, 0.2) is 24.5 Å². The Hall–Kier alpha value is -2.47. The van der Waals surface area contributed by atoms with Crippen LogP contribution < -0.4 is 10.1 Å². The number of amides is 1. The molecule has 1 N–H and O–H groups in total. The van der Waals surface area contributed by atoms with E-state index in [1.54, 1.807) is 0 Å². The van der Waals surface area contributed by atoms with Gasteiger partial charge in [-0.2, -0.15) is 0 Å². The molecule has 0 spiro atoms. The molecule has 124 valence electrons. The Kier molecular flexibility index (Phi) is 4.49. The van der Waals surface area contributed by atoms with Gasteiger partial charge in [-0.3, -0.25) is 4.79 Å². The lowest BCUT2D eigenvalue weighted by atomic mass is 10.1. The summed E-state index contributed by atoms with van der Waals surface area (Å²) in [4.78, 5) is 22.6. The van der Waals surface area contributed by atoms with Gasteiger partial charge in [0.15, 0.2) is 0 Å². The number of anilines is 1. The quantitative estimate of drug-likeness (QED) is 0.770. The third-order valence-corrected chi connectivity index (χ3v) is 5.02. The highest BCUT2D eigenvalue weighted by molar-refractivity contribution is 7.20. The van der Waals surface area contributed by atoms with Crippen molar-refractivity contribution in [1.82, 2.24) is 9.97 Å². The maximum atomic E-state index is 12.7. The first-order valence-electron chi connectivity index (χ1n) is 7.76. The second-order valence-corrected chi connectivity index (χ2v) is 6.62. The average molecular weight is 341 g/mol. The van der Waals surface area contributed by atoms with E-state index in [0.29, 0.717) is 17.4 Å². The van der Waals surface area contributed by atoms with Crippen LogP contribution in [0.5, 0.6) is 5.88 Å². The van der Waals surface area contributed by atoms with Crippen LogP contribution in [-0.4, -0.2) is 22.5 Å². The molecule has 1 aromatic carbocycles. The first-order valence-corrected chi connectivity index (χ1v) is 8.58. The summed E-state index contributed by atoms with van der Waals surface area (Å²) in [5.41, 5.74) is 3.81. The van der Waals surface area contributed by atoms with Crippen molar-refractivity contribution in [2.75, 3.05) is 11.9 Å². The lowest BCUT2D eigenvalue weighted by Gasteiger charge is -2.09. The number of rotatable bonds is 4. The Balaban J connectivity index is 2.00. The van der Waals surface area contributed by atoms with Gasteiger partial charge < -0.3 is 10.1 Å². The van der Waals surface area contributed by atoms with Gasteiger partial charge in [-0.1, -0.05) is 12.1 Å². The summed E-state index contributed by atoms with van der Waals surface area (Å²) in [6.45, 7) is 8.31. The molecule has 24 heavy (non-hydrogen) atoms. The molecule has 0 radical (unpaired) electrons. The minimum absolute atomic E-state index is 0.133. The molecule has 5 nitrogen and oxygen atoms in total. The fraction of sp³-hybridized carbons (Fsp3) is 0.278. The fourth-order valence-corrected chi connectivity index (χ4v) is 3.59. The number of benzene rings is 1. The van der Waals surface area contributed by atoms with Crippen molar-refractivity contribution >= 4 is 33.1 Å². The van der Waals surface area contributed by atoms with Gasteiger partial charge in [0.1, 0.15) is 11.2 Å². The molecule has 0 saturated carbocycles. The summed E-state index contributed by atoms with van der Waals surface area (Å²) in [7, 11) is 0. The zero-order valence-electron chi connectivity index (χ0n) is 14.1. The summed E-state index contributed by atoms with van der Waals surface area (Å²) in [6.07, 6.45) is 1.47. The van der Waals surface area contributed by atoms with Crippen LogP contribution in [0.1, 0.15) is 33.3 Å². The third kappa shape index (κ3) is 2.97. The lowest BCUT2D eigenvalue weighted by molar-refractivity contribution is 0.103. The zero-order chi connectivity index (χ0) is 17.3. The zero-order valence-corrected chi connectivity index (χ0v) is 15.0. The van der Waals surface area contributed by atoms with E-state index in [9.17, 15) is 4.79 Å². The van der Waals surface area contributed by atoms with Gasteiger partial charge in [-0.05, 0) is 50.5 Å². The van der Waals surface area contributed by atoms with E-state index in [1.165, 1.54) is 17.7 Å². The number of carbonyl (C=O) groups is 1. The maximum absolute atomic E-state index is 12.7. The molecule has 0 bridgehead atoms. The van der Waals surface area contributed by atoms with Crippen LogP contribution in [0, 0.1) is 20.8 Å². The molecular formula is C18H19N3O2S. The normalized spacial score (nSPS) is 10.8. The van der Waals surface area contributed by atoms with Gasteiger partial charge >= 0.3 is 0 Å². The minimum atomic E-state index is -0.133. The molecule has 3 aromatic rings. The number of fused-ring (bicyclic) bond motifs is 1. The number of nitrogens with one attached hydrogen (secondary N) is 1. The van der Waals surface area contributed by atoms with E-state index in [0.717, 1.165) is 32.6 Å². The van der Waals surface area contributed by atoms with Gasteiger partial charge in [0, 0.05) is 5.69 Å². The minimum Gasteiger partial charge on any atom is -0.477 e. The highest BCUT2D eigenvalue weighted by Crippen LogP contribution is 2.34. The van der Waals surface area contributed by atoms with Crippen LogP contribution in [0.2, 0.25) is 0 Å². The third-order valence-electron chi connectivity index (χ3n) is 3.82. The molecule has 0 aliphatic carbocycles. The molecule has 2 heterocycles. The summed E-state index contributed by atoms with van der Waals surface area (Å²) < 4.78 is 5.57. The Labute approximate surface area is 144 Å². The van der Waals surface area contributed by atoms with Crippen molar-refractivity contribution in [3.05, 3.63) is 46.1 Å². The van der Waals surface area contributed by atoms with E-state index >= 15 is 0 Å². The van der Waals surface area contributed by atoms with Crippen molar-refractivity contribution < 1.29 is 9.53 Å². The molecule has 6 heteroatoms. The second-order valence-electron chi connectivity index (χ2n) is 5.62. The summed E-state index contributed by atoms with van der Waals surface area (Å²) in [6, 6.07) is 6.00. The first-order chi connectivity index (χ1) is 11.5. The molecule has 0 fully saturated rings. The standard InChI is InChI=1S/C18H19N3O2S/c1-5-23-17-14-12(4)15(24-18(14)20-9-19-17)16(22)21-13-8-10(2)6-7-11(13)3/h6-9H,5H2,1-4H3,(H,21,22). The van der Waals surface area contributed by atoms with Crippen molar-refractivity contribution in [3.8, 4) is 5.88 Å². The number of hydrogen-bond acceptors (Lipinski definition) is 5. The van der Waals surface area contributed by atoms with E-state index < -0.39 is 0 Å². The summed E-state index contributed by atoms with van der Waals surface area (Å²) in [5, 5.41) is 3.82. The highest BCUT2D eigenvalue weighted by atomic mass is 32.1. The van der Waals surface area contributed by atoms with Crippen LogP contribution in [0.4, 0.5) is 5.69 Å². The number of thiophene rings is 1. The van der Waals surface area contributed by atoms with E-state index in [1.807, 2.05) is 45.9 Å². The average Bonchev–Trinajstić information content (AvgIpc) is 2.89. The largest absolute Gasteiger partial charge is 0.477 e. The van der Waals surface area contributed by atoms with Crippen molar-refractivity contribution in [2.45, 2.75) is 27.7 Å². The Bertz CT molecular complexity index is 918. The number of carbonyl (C=O) groups excluding carboxylic acids is 1. The van der Waals surface area contributed by atoms with Crippen LogP contribution in [0.25, 0.3) is 10.2 Å². The second kappa shape index (κ2) is 6.57. The Morgan fingerprint density at radius 1 is 1.25 bits per heavy atom. The summed E-state index contributed by atoms with van der Waals surface area (Å²) >= 11 is 1.36. The van der Waals surface area contributed by atoms with Crippen molar-refractivity contribution in [3.63, 3.8) is 0 Å². The van der Waals surface area contributed by atoms with Gasteiger partial charge in [0.05, 0.1) is 16.9 Å². The van der Waals surface area contributed by atoms with E-state index in [-0.39, 0.29) is 5.91 Å². The molecule has 1 amide bonds. The lowest BCUT2D eigenvalue weighted by Crippen LogP contribution is -2.12. The molecular weight excluding hydrogens is 322 g/mol. The van der Waals surface area contributed by atoms with Gasteiger partial charge in [0.2, 0.25) is 5.88 Å². The van der Waals surface area contributed by atoms with E-state index in [2.05, 4.69) is 15.3 Å². The van der Waals surface area contributed by atoms with Gasteiger partial charge in [-0.25, -0.2) is 9.97 Å². The predicted molar refractivity (Wildman–Crippen MR) is 97.2 cm³/mol. The topological polar surface area (TPSA) is 64.1 Å². The van der Waals surface area contributed by atoms with Crippen LogP contribution >= 0.6 is 11.3 Å². The summed E-state index contributed by atoms with van der Waals surface area (Å²) in [5.74, 6) is 0.397. The van der Waals surface area contributed by atoms with Gasteiger partial charge in [-0.15, -0.1) is 11.3 Å².